The predicted octanol–water partition coefficient (Wildman–Crippen LogP) is 4.32. The van der Waals surface area contributed by atoms with Gasteiger partial charge in [0, 0.05) is 16.8 Å². The summed E-state index contributed by atoms with van der Waals surface area (Å²) < 4.78 is 0. The van der Waals surface area contributed by atoms with Gasteiger partial charge in [-0.2, -0.15) is 0 Å². The number of hydrogen-bond donors (Lipinski definition) is 0. The number of fused-ring (bicyclic) bond motifs is 2. The zero-order valence-corrected chi connectivity index (χ0v) is 14.0. The Morgan fingerprint density at radius 1 is 0.846 bits per heavy atom. The van der Waals surface area contributed by atoms with Crippen LogP contribution in [0.15, 0.2) is 90.1 Å². The minimum Gasteiger partial charge on any atom is -0.361 e. The van der Waals surface area contributed by atoms with Crippen LogP contribution in [0.1, 0.15) is 27.9 Å². The number of carbonyl (C=O) groups is 1. The number of benzene rings is 3. The molecular formula is C22H16N2O2. The summed E-state index contributed by atoms with van der Waals surface area (Å²) in [6, 6.07) is 27.2. The molecule has 2 aliphatic heterocycles. The highest BCUT2D eigenvalue weighted by Crippen LogP contribution is 2.48. The number of carbonyl (C=O) groups excluding carboxylic acids is 1. The number of anilines is 1. The molecule has 0 aliphatic carbocycles. The summed E-state index contributed by atoms with van der Waals surface area (Å²) in [4.78, 5) is 21.0. The van der Waals surface area contributed by atoms with Gasteiger partial charge in [0.25, 0.3) is 5.91 Å². The van der Waals surface area contributed by atoms with Crippen LogP contribution in [0.2, 0.25) is 0 Å². The molecule has 5 rings (SSSR count). The van der Waals surface area contributed by atoms with E-state index in [0.29, 0.717) is 12.0 Å². The molecule has 0 fully saturated rings. The third-order valence-electron chi connectivity index (χ3n) is 4.98. The zero-order valence-electron chi connectivity index (χ0n) is 14.0. The van der Waals surface area contributed by atoms with Crippen molar-refractivity contribution in [1.29, 1.82) is 0 Å². The van der Waals surface area contributed by atoms with Crippen molar-refractivity contribution in [3.05, 3.63) is 102 Å². The summed E-state index contributed by atoms with van der Waals surface area (Å²) >= 11 is 0. The van der Waals surface area contributed by atoms with E-state index in [1.165, 1.54) is 0 Å². The van der Waals surface area contributed by atoms with E-state index in [9.17, 15) is 4.79 Å². The maximum Gasteiger partial charge on any atom is 0.262 e. The minimum atomic E-state index is -0.930. The largest absolute Gasteiger partial charge is 0.361 e. The highest BCUT2D eigenvalue weighted by molar-refractivity contribution is 6.13. The molecule has 2 aliphatic rings. The van der Waals surface area contributed by atoms with Gasteiger partial charge in [-0.05, 0) is 23.8 Å². The fourth-order valence-electron chi connectivity index (χ4n) is 3.79. The Kier molecular flexibility index (Phi) is 3.19. The molecule has 0 aromatic heterocycles. The number of rotatable bonds is 2. The molecule has 3 aromatic rings. The molecule has 126 valence electrons. The summed E-state index contributed by atoms with van der Waals surface area (Å²) in [5, 5.41) is 4.37. The SMILES string of the molecule is O=C1c2ccccc2C2(CC(c3ccccc3)=NO2)N1c1ccccc1. The number of hydrogen-bond acceptors (Lipinski definition) is 3. The van der Waals surface area contributed by atoms with Crippen LogP contribution in [0.3, 0.4) is 0 Å². The van der Waals surface area contributed by atoms with Crippen molar-refractivity contribution in [1.82, 2.24) is 0 Å². The third-order valence-corrected chi connectivity index (χ3v) is 4.98. The van der Waals surface area contributed by atoms with Crippen LogP contribution in [0.5, 0.6) is 0 Å². The van der Waals surface area contributed by atoms with Crippen LogP contribution in [-0.4, -0.2) is 11.6 Å². The second-order valence-electron chi connectivity index (χ2n) is 6.48. The van der Waals surface area contributed by atoms with Gasteiger partial charge in [0.15, 0.2) is 0 Å². The predicted molar refractivity (Wildman–Crippen MR) is 100 cm³/mol. The Morgan fingerprint density at radius 2 is 1.50 bits per heavy atom. The Morgan fingerprint density at radius 3 is 2.27 bits per heavy atom. The molecule has 1 amide bonds. The van der Waals surface area contributed by atoms with Crippen LogP contribution in [0.4, 0.5) is 5.69 Å². The maximum absolute atomic E-state index is 13.2. The molecule has 4 heteroatoms. The average molecular weight is 340 g/mol. The topological polar surface area (TPSA) is 41.9 Å². The van der Waals surface area contributed by atoms with Crippen molar-refractivity contribution in [2.45, 2.75) is 12.1 Å². The molecule has 1 spiro atoms. The summed E-state index contributed by atoms with van der Waals surface area (Å²) in [6.45, 7) is 0. The standard InChI is InChI=1S/C22H16N2O2/c25-21-18-13-7-8-14-19(18)22(24(21)17-11-5-2-6-12-17)15-20(23-26-22)16-9-3-1-4-10-16/h1-14H,15H2. The first-order valence-electron chi connectivity index (χ1n) is 8.59. The lowest BCUT2D eigenvalue weighted by Gasteiger charge is -2.33. The van der Waals surface area contributed by atoms with Gasteiger partial charge < -0.3 is 4.84 Å². The van der Waals surface area contributed by atoms with Crippen LogP contribution in [-0.2, 0) is 10.6 Å². The van der Waals surface area contributed by atoms with Crippen LogP contribution in [0, 0.1) is 0 Å². The van der Waals surface area contributed by atoms with Gasteiger partial charge >= 0.3 is 0 Å². The van der Waals surface area contributed by atoms with E-state index >= 15 is 0 Å². The fourth-order valence-corrected chi connectivity index (χ4v) is 3.79. The molecule has 0 bridgehead atoms. The van der Waals surface area contributed by atoms with Crippen molar-refractivity contribution >= 4 is 17.3 Å². The average Bonchev–Trinajstić information content (AvgIpc) is 3.25. The number of para-hydroxylation sites is 1. The zero-order chi connectivity index (χ0) is 17.6. The molecule has 26 heavy (non-hydrogen) atoms. The molecule has 2 heterocycles. The van der Waals surface area contributed by atoms with Crippen molar-refractivity contribution in [2.24, 2.45) is 5.16 Å². The normalized spacial score (nSPS) is 20.8. The number of oxime groups is 1. The van der Waals surface area contributed by atoms with Crippen molar-refractivity contribution < 1.29 is 9.63 Å². The molecule has 0 N–H and O–H groups in total. The Balaban J connectivity index is 1.65. The van der Waals surface area contributed by atoms with Gasteiger partial charge in [0.1, 0.15) is 0 Å². The van der Waals surface area contributed by atoms with E-state index in [2.05, 4.69) is 5.16 Å². The van der Waals surface area contributed by atoms with Crippen molar-refractivity contribution in [3.63, 3.8) is 0 Å². The van der Waals surface area contributed by atoms with E-state index in [4.69, 9.17) is 4.84 Å². The van der Waals surface area contributed by atoms with Gasteiger partial charge in [-0.3, -0.25) is 9.69 Å². The summed E-state index contributed by atoms with van der Waals surface area (Å²) in [7, 11) is 0. The molecule has 4 nitrogen and oxygen atoms in total. The Bertz CT molecular complexity index is 1010. The lowest BCUT2D eigenvalue weighted by molar-refractivity contribution is -0.0164. The molecule has 3 aromatic carbocycles. The van der Waals surface area contributed by atoms with Gasteiger partial charge in [-0.15, -0.1) is 0 Å². The van der Waals surface area contributed by atoms with Crippen LogP contribution >= 0.6 is 0 Å². The first-order chi connectivity index (χ1) is 12.8. The summed E-state index contributed by atoms with van der Waals surface area (Å²) in [6.07, 6.45) is 0.509. The van der Waals surface area contributed by atoms with Crippen molar-refractivity contribution in [3.8, 4) is 0 Å². The van der Waals surface area contributed by atoms with E-state index in [0.717, 1.165) is 22.5 Å². The number of nitrogens with zero attached hydrogens (tertiary/aromatic N) is 2. The Labute approximate surface area is 151 Å². The maximum atomic E-state index is 13.2. The van der Waals surface area contributed by atoms with Gasteiger partial charge in [-0.1, -0.05) is 71.9 Å². The van der Waals surface area contributed by atoms with E-state index in [-0.39, 0.29) is 5.91 Å². The van der Waals surface area contributed by atoms with Gasteiger partial charge in [-0.25, -0.2) is 0 Å². The smallest absolute Gasteiger partial charge is 0.262 e. The van der Waals surface area contributed by atoms with Gasteiger partial charge in [0.2, 0.25) is 5.72 Å². The summed E-state index contributed by atoms with van der Waals surface area (Å²) in [5.41, 5.74) is 3.26. The quantitative estimate of drug-likeness (QED) is 0.697. The minimum absolute atomic E-state index is 0.0590. The molecule has 0 saturated carbocycles. The lowest BCUT2D eigenvalue weighted by atomic mass is 9.94. The summed E-state index contributed by atoms with van der Waals surface area (Å²) in [5.74, 6) is -0.0590. The first-order valence-corrected chi connectivity index (χ1v) is 8.59. The fraction of sp³-hybridized carbons (Fsp3) is 0.0909. The first kappa shape index (κ1) is 14.9. The third kappa shape index (κ3) is 2.02. The lowest BCUT2D eigenvalue weighted by Crippen LogP contribution is -2.44. The Hall–Kier alpha value is -3.40. The van der Waals surface area contributed by atoms with E-state index < -0.39 is 5.72 Å². The van der Waals surface area contributed by atoms with E-state index in [1.807, 2.05) is 84.9 Å². The van der Waals surface area contributed by atoms with Crippen LogP contribution in [0.25, 0.3) is 0 Å². The van der Waals surface area contributed by atoms with Crippen molar-refractivity contribution in [2.75, 3.05) is 4.90 Å². The highest BCUT2D eigenvalue weighted by atomic mass is 16.7. The molecule has 0 radical (unpaired) electrons. The second-order valence-corrected chi connectivity index (χ2v) is 6.48. The number of amides is 1. The highest BCUT2D eigenvalue weighted by Gasteiger charge is 2.56. The second kappa shape index (κ2) is 5.56. The molecule has 0 saturated heterocycles. The monoisotopic (exact) mass is 340 g/mol. The van der Waals surface area contributed by atoms with E-state index in [1.54, 1.807) is 4.90 Å². The molecule has 1 unspecified atom stereocenters. The molecular weight excluding hydrogens is 324 g/mol. The van der Waals surface area contributed by atoms with Gasteiger partial charge in [0.05, 0.1) is 12.1 Å². The molecule has 1 atom stereocenters. The van der Waals surface area contributed by atoms with Crippen LogP contribution < -0.4 is 4.90 Å².